The maximum absolute atomic E-state index is 11.9. The first-order valence-electron chi connectivity index (χ1n) is 5.39. The van der Waals surface area contributed by atoms with E-state index in [4.69, 9.17) is 32.7 Å². The lowest BCUT2D eigenvalue weighted by atomic mass is 9.64. The number of ether oxygens (including phenoxy) is 2. The molecule has 0 bridgehead atoms. The third-order valence-corrected chi connectivity index (χ3v) is 4.21. The number of rotatable bonds is 4. The third kappa shape index (κ3) is 1.67. The standard InChI is InChI=1S/C12H14Cl2O4/c1-5-17-9(15)11(13)7(3)8(4)12(11,14)10(16)18-6-2/h3-6H2,1-2H3. The molecule has 0 aromatic rings. The molecule has 0 amide bonds. The second-order valence-corrected chi connectivity index (χ2v) is 4.85. The molecule has 1 aliphatic carbocycles. The molecule has 1 rings (SSSR count). The molecule has 0 aliphatic heterocycles. The summed E-state index contributed by atoms with van der Waals surface area (Å²) in [5.74, 6) is -1.65. The van der Waals surface area contributed by atoms with E-state index < -0.39 is 21.7 Å². The Morgan fingerprint density at radius 1 is 1.00 bits per heavy atom. The summed E-state index contributed by atoms with van der Waals surface area (Å²) in [6.45, 7) is 10.7. The first-order valence-corrected chi connectivity index (χ1v) is 6.15. The Morgan fingerprint density at radius 3 is 1.50 bits per heavy atom. The molecular formula is C12H14Cl2O4. The second-order valence-electron chi connectivity index (χ2n) is 3.71. The van der Waals surface area contributed by atoms with Crippen LogP contribution in [0.2, 0.25) is 0 Å². The normalized spacial score (nSPS) is 30.7. The number of carbonyl (C=O) groups is 2. The average Bonchev–Trinajstić information content (AvgIpc) is 2.35. The molecule has 0 radical (unpaired) electrons. The van der Waals surface area contributed by atoms with E-state index in [0.29, 0.717) is 0 Å². The largest absolute Gasteiger partial charge is 0.464 e. The van der Waals surface area contributed by atoms with Crippen molar-refractivity contribution >= 4 is 35.1 Å². The first kappa shape index (κ1) is 15.1. The number of carbonyl (C=O) groups excluding carboxylic acids is 2. The van der Waals surface area contributed by atoms with Gasteiger partial charge in [-0.3, -0.25) is 0 Å². The van der Waals surface area contributed by atoms with Crippen LogP contribution in [0, 0.1) is 0 Å². The molecule has 0 spiro atoms. The van der Waals surface area contributed by atoms with Gasteiger partial charge in [-0.05, 0) is 25.0 Å². The van der Waals surface area contributed by atoms with Crippen LogP contribution in [0.5, 0.6) is 0 Å². The topological polar surface area (TPSA) is 52.6 Å². The van der Waals surface area contributed by atoms with E-state index in [1.165, 1.54) is 0 Å². The Labute approximate surface area is 116 Å². The van der Waals surface area contributed by atoms with Gasteiger partial charge >= 0.3 is 11.9 Å². The molecule has 2 unspecified atom stereocenters. The number of hydrogen-bond donors (Lipinski definition) is 0. The van der Waals surface area contributed by atoms with E-state index >= 15 is 0 Å². The zero-order valence-corrected chi connectivity index (χ0v) is 11.7. The van der Waals surface area contributed by atoms with Gasteiger partial charge in [0.1, 0.15) is 0 Å². The minimum Gasteiger partial charge on any atom is -0.464 e. The Kier molecular flexibility index (Phi) is 4.13. The Hall–Kier alpha value is -1.00. The van der Waals surface area contributed by atoms with Gasteiger partial charge in [0.15, 0.2) is 9.75 Å². The van der Waals surface area contributed by atoms with Crippen LogP contribution in [-0.2, 0) is 19.1 Å². The molecule has 0 aromatic heterocycles. The van der Waals surface area contributed by atoms with Crippen molar-refractivity contribution in [3.63, 3.8) is 0 Å². The smallest absolute Gasteiger partial charge is 0.334 e. The van der Waals surface area contributed by atoms with E-state index in [1.807, 2.05) is 0 Å². The Morgan fingerprint density at radius 2 is 1.28 bits per heavy atom. The molecule has 1 saturated carbocycles. The molecule has 1 aliphatic rings. The second kappa shape index (κ2) is 4.94. The van der Waals surface area contributed by atoms with E-state index in [0.717, 1.165) is 0 Å². The van der Waals surface area contributed by atoms with Crippen molar-refractivity contribution in [2.75, 3.05) is 13.2 Å². The van der Waals surface area contributed by atoms with Gasteiger partial charge in [0.25, 0.3) is 0 Å². The summed E-state index contributed by atoms with van der Waals surface area (Å²) in [5, 5.41) is 0. The molecule has 4 nitrogen and oxygen atoms in total. The van der Waals surface area contributed by atoms with Crippen molar-refractivity contribution in [1.29, 1.82) is 0 Å². The fourth-order valence-electron chi connectivity index (χ4n) is 1.76. The molecule has 0 heterocycles. The van der Waals surface area contributed by atoms with Crippen molar-refractivity contribution < 1.29 is 19.1 Å². The zero-order chi connectivity index (χ0) is 14.1. The average molecular weight is 293 g/mol. The molecule has 0 N–H and O–H groups in total. The van der Waals surface area contributed by atoms with Crippen LogP contribution in [0.25, 0.3) is 0 Å². The monoisotopic (exact) mass is 292 g/mol. The lowest BCUT2D eigenvalue weighted by Gasteiger charge is -2.50. The van der Waals surface area contributed by atoms with Gasteiger partial charge in [0.2, 0.25) is 0 Å². The number of halogens is 2. The van der Waals surface area contributed by atoms with Gasteiger partial charge in [-0.15, -0.1) is 0 Å². The molecule has 1 fully saturated rings. The van der Waals surface area contributed by atoms with Crippen LogP contribution in [0.3, 0.4) is 0 Å². The minimum absolute atomic E-state index is 0.114. The summed E-state index contributed by atoms with van der Waals surface area (Å²) >= 11 is 12.3. The van der Waals surface area contributed by atoms with Gasteiger partial charge in [-0.2, -0.15) is 0 Å². The SMILES string of the molecule is C=C1C(=C)C(Cl)(C(=O)OCC)C1(Cl)C(=O)OCC. The van der Waals surface area contributed by atoms with Crippen LogP contribution in [-0.4, -0.2) is 34.9 Å². The highest BCUT2D eigenvalue weighted by molar-refractivity contribution is 6.54. The lowest BCUT2D eigenvalue weighted by molar-refractivity contribution is -0.155. The Balaban J connectivity index is 3.17. The first-order chi connectivity index (χ1) is 8.28. The minimum atomic E-state index is -1.85. The fraction of sp³-hybridized carbons (Fsp3) is 0.500. The molecule has 100 valence electrons. The van der Waals surface area contributed by atoms with Gasteiger partial charge in [-0.1, -0.05) is 36.4 Å². The molecule has 0 saturated heterocycles. The lowest BCUT2D eigenvalue weighted by Crippen LogP contribution is -2.68. The highest BCUT2D eigenvalue weighted by Gasteiger charge is 2.74. The van der Waals surface area contributed by atoms with E-state index in [9.17, 15) is 9.59 Å². The summed E-state index contributed by atoms with van der Waals surface area (Å²) in [4.78, 5) is 20.1. The van der Waals surface area contributed by atoms with E-state index in [2.05, 4.69) is 13.2 Å². The van der Waals surface area contributed by atoms with Gasteiger partial charge in [0, 0.05) is 0 Å². The van der Waals surface area contributed by atoms with Crippen LogP contribution in [0.15, 0.2) is 24.3 Å². The number of alkyl halides is 2. The van der Waals surface area contributed by atoms with Crippen molar-refractivity contribution in [3.05, 3.63) is 24.3 Å². The summed E-state index contributed by atoms with van der Waals surface area (Å²) < 4.78 is 9.65. The quantitative estimate of drug-likeness (QED) is 0.589. The highest BCUT2D eigenvalue weighted by Crippen LogP contribution is 2.59. The van der Waals surface area contributed by atoms with Crippen LogP contribution >= 0.6 is 23.2 Å². The fourth-order valence-corrected chi connectivity index (χ4v) is 2.48. The van der Waals surface area contributed by atoms with Gasteiger partial charge < -0.3 is 9.47 Å². The van der Waals surface area contributed by atoms with Gasteiger partial charge in [0.05, 0.1) is 13.2 Å². The summed E-state index contributed by atoms with van der Waals surface area (Å²) in [5.41, 5.74) is 0.344. The molecule has 18 heavy (non-hydrogen) atoms. The van der Waals surface area contributed by atoms with Crippen molar-refractivity contribution in [2.24, 2.45) is 0 Å². The van der Waals surface area contributed by atoms with Crippen LogP contribution < -0.4 is 0 Å². The maximum atomic E-state index is 11.9. The number of hydrogen-bond acceptors (Lipinski definition) is 4. The van der Waals surface area contributed by atoms with Crippen molar-refractivity contribution in [2.45, 2.75) is 23.6 Å². The molecule has 6 heteroatoms. The molecule has 0 aromatic carbocycles. The van der Waals surface area contributed by atoms with Crippen LogP contribution in [0.1, 0.15) is 13.8 Å². The third-order valence-electron chi connectivity index (χ3n) is 2.78. The maximum Gasteiger partial charge on any atom is 0.334 e. The molecular weight excluding hydrogens is 279 g/mol. The summed E-state index contributed by atoms with van der Waals surface area (Å²) in [6.07, 6.45) is 0. The van der Waals surface area contributed by atoms with E-state index in [-0.39, 0.29) is 24.4 Å². The highest BCUT2D eigenvalue weighted by atomic mass is 35.5. The predicted molar refractivity (Wildman–Crippen MR) is 68.7 cm³/mol. The van der Waals surface area contributed by atoms with Crippen molar-refractivity contribution in [1.82, 2.24) is 0 Å². The van der Waals surface area contributed by atoms with Crippen LogP contribution in [0.4, 0.5) is 0 Å². The molecule has 2 atom stereocenters. The zero-order valence-electron chi connectivity index (χ0n) is 10.2. The van der Waals surface area contributed by atoms with E-state index in [1.54, 1.807) is 13.8 Å². The summed E-state index contributed by atoms with van der Waals surface area (Å²) in [7, 11) is 0. The summed E-state index contributed by atoms with van der Waals surface area (Å²) in [6, 6.07) is 0. The van der Waals surface area contributed by atoms with Crippen molar-refractivity contribution in [3.8, 4) is 0 Å². The Bertz CT molecular complexity index is 392. The van der Waals surface area contributed by atoms with Gasteiger partial charge in [-0.25, -0.2) is 9.59 Å². The number of esters is 2. The predicted octanol–water partition coefficient (Wildman–Crippen LogP) is 2.19.